The molecule has 108 valence electrons. The van der Waals surface area contributed by atoms with E-state index in [4.69, 9.17) is 0 Å². The highest BCUT2D eigenvalue weighted by Gasteiger charge is 2.15. The van der Waals surface area contributed by atoms with Crippen molar-refractivity contribution in [3.63, 3.8) is 0 Å². The van der Waals surface area contributed by atoms with E-state index in [0.29, 0.717) is 4.47 Å². The number of nitrogens with zero attached hydrogens (tertiary/aromatic N) is 1. The Kier molecular flexibility index (Phi) is 4.32. The van der Waals surface area contributed by atoms with E-state index in [0.717, 1.165) is 5.56 Å². The van der Waals surface area contributed by atoms with Crippen LogP contribution in [0.25, 0.3) is 0 Å². The summed E-state index contributed by atoms with van der Waals surface area (Å²) in [5, 5.41) is 13.2. The molecule has 0 aliphatic rings. The monoisotopic (exact) mass is 352 g/mol. The zero-order chi connectivity index (χ0) is 15.6. The Morgan fingerprint density at radius 1 is 1.29 bits per heavy atom. The van der Waals surface area contributed by atoms with Crippen molar-refractivity contribution in [2.75, 3.05) is 5.32 Å². The SMILES string of the molecule is Cc1ccc(F)c(C(=O)Nc2cc([N+](=O)[O-])ccc2Br)c1. The van der Waals surface area contributed by atoms with Crippen LogP contribution < -0.4 is 5.32 Å². The Morgan fingerprint density at radius 3 is 2.67 bits per heavy atom. The van der Waals surface area contributed by atoms with Crippen molar-refractivity contribution in [1.82, 2.24) is 0 Å². The molecule has 1 amide bonds. The third kappa shape index (κ3) is 3.43. The van der Waals surface area contributed by atoms with Crippen LogP contribution in [0.5, 0.6) is 0 Å². The maximum absolute atomic E-state index is 13.7. The smallest absolute Gasteiger partial charge is 0.271 e. The second-order valence-electron chi connectivity index (χ2n) is 4.36. The molecule has 0 aliphatic heterocycles. The van der Waals surface area contributed by atoms with Gasteiger partial charge in [0.2, 0.25) is 0 Å². The minimum atomic E-state index is -0.669. The Bertz CT molecular complexity index is 734. The van der Waals surface area contributed by atoms with E-state index >= 15 is 0 Å². The molecule has 0 heterocycles. The molecule has 0 unspecified atom stereocenters. The lowest BCUT2D eigenvalue weighted by atomic mass is 10.1. The van der Waals surface area contributed by atoms with Gasteiger partial charge in [-0.1, -0.05) is 11.6 Å². The molecule has 0 aliphatic carbocycles. The second kappa shape index (κ2) is 6.01. The lowest BCUT2D eigenvalue weighted by Crippen LogP contribution is -2.14. The van der Waals surface area contributed by atoms with Gasteiger partial charge in [0.05, 0.1) is 16.2 Å². The number of carbonyl (C=O) groups is 1. The van der Waals surface area contributed by atoms with Gasteiger partial charge in [0.15, 0.2) is 0 Å². The highest BCUT2D eigenvalue weighted by Crippen LogP contribution is 2.27. The summed E-state index contributed by atoms with van der Waals surface area (Å²) in [5.41, 5.74) is 0.654. The van der Waals surface area contributed by atoms with Gasteiger partial charge < -0.3 is 5.32 Å². The molecule has 0 saturated heterocycles. The molecule has 2 rings (SSSR count). The summed E-state index contributed by atoms with van der Waals surface area (Å²) < 4.78 is 14.1. The summed E-state index contributed by atoms with van der Waals surface area (Å²) in [4.78, 5) is 22.2. The molecule has 2 aromatic rings. The zero-order valence-electron chi connectivity index (χ0n) is 10.9. The molecule has 21 heavy (non-hydrogen) atoms. The lowest BCUT2D eigenvalue weighted by Gasteiger charge is -2.08. The fourth-order valence-electron chi connectivity index (χ4n) is 1.73. The first kappa shape index (κ1) is 15.1. The molecule has 0 atom stereocenters. The van der Waals surface area contributed by atoms with Gasteiger partial charge in [0.25, 0.3) is 11.6 Å². The van der Waals surface area contributed by atoms with Crippen LogP contribution in [-0.4, -0.2) is 10.8 Å². The predicted octanol–water partition coefficient (Wildman–Crippen LogP) is 4.06. The average molecular weight is 353 g/mol. The number of halogens is 2. The summed E-state index contributed by atoms with van der Waals surface area (Å²) in [6.07, 6.45) is 0. The number of hydrogen-bond donors (Lipinski definition) is 1. The fourth-order valence-corrected chi connectivity index (χ4v) is 2.07. The lowest BCUT2D eigenvalue weighted by molar-refractivity contribution is -0.384. The number of benzene rings is 2. The van der Waals surface area contributed by atoms with Gasteiger partial charge in [0.1, 0.15) is 5.82 Å². The first-order valence-electron chi connectivity index (χ1n) is 5.90. The molecule has 5 nitrogen and oxygen atoms in total. The van der Waals surface area contributed by atoms with Crippen LogP contribution in [0.2, 0.25) is 0 Å². The van der Waals surface area contributed by atoms with Gasteiger partial charge in [-0.25, -0.2) is 4.39 Å². The van der Waals surface area contributed by atoms with Gasteiger partial charge >= 0.3 is 0 Å². The average Bonchev–Trinajstić information content (AvgIpc) is 2.43. The van der Waals surface area contributed by atoms with Gasteiger partial charge in [-0.15, -0.1) is 0 Å². The Hall–Kier alpha value is -2.28. The van der Waals surface area contributed by atoms with Crippen molar-refractivity contribution < 1.29 is 14.1 Å². The Balaban J connectivity index is 2.33. The summed E-state index contributed by atoms with van der Waals surface area (Å²) in [7, 11) is 0. The van der Waals surface area contributed by atoms with Gasteiger partial charge in [-0.05, 0) is 41.1 Å². The molecule has 7 heteroatoms. The van der Waals surface area contributed by atoms with E-state index in [1.54, 1.807) is 13.0 Å². The number of hydrogen-bond acceptors (Lipinski definition) is 3. The molecule has 1 N–H and O–H groups in total. The molecule has 0 spiro atoms. The maximum Gasteiger partial charge on any atom is 0.271 e. The minimum Gasteiger partial charge on any atom is -0.321 e. The minimum absolute atomic E-state index is 0.117. The molecule has 0 radical (unpaired) electrons. The number of carbonyl (C=O) groups excluding carboxylic acids is 1. The molecule has 0 bridgehead atoms. The number of anilines is 1. The summed E-state index contributed by atoms with van der Waals surface area (Å²) in [5.74, 6) is -1.32. The third-order valence-corrected chi connectivity index (χ3v) is 3.47. The van der Waals surface area contributed by atoms with Crippen LogP contribution in [0.15, 0.2) is 40.9 Å². The summed E-state index contributed by atoms with van der Waals surface area (Å²) >= 11 is 3.18. The van der Waals surface area contributed by atoms with Gasteiger partial charge in [0, 0.05) is 16.6 Å². The highest BCUT2D eigenvalue weighted by atomic mass is 79.9. The maximum atomic E-state index is 13.7. The predicted molar refractivity (Wildman–Crippen MR) is 79.9 cm³/mol. The summed E-state index contributed by atoms with van der Waals surface area (Å²) in [6, 6.07) is 8.11. The van der Waals surface area contributed by atoms with Crippen LogP contribution in [0.4, 0.5) is 15.8 Å². The van der Waals surface area contributed by atoms with Crippen LogP contribution >= 0.6 is 15.9 Å². The van der Waals surface area contributed by atoms with E-state index in [1.807, 2.05) is 0 Å². The van der Waals surface area contributed by atoms with Crippen molar-refractivity contribution >= 4 is 33.2 Å². The van der Waals surface area contributed by atoms with Crippen LogP contribution in [0.1, 0.15) is 15.9 Å². The first-order chi connectivity index (χ1) is 9.88. The number of non-ortho nitro benzene ring substituents is 1. The first-order valence-corrected chi connectivity index (χ1v) is 6.69. The zero-order valence-corrected chi connectivity index (χ0v) is 12.5. The highest BCUT2D eigenvalue weighted by molar-refractivity contribution is 9.10. The van der Waals surface area contributed by atoms with Crippen molar-refractivity contribution in [3.8, 4) is 0 Å². The molecular formula is C14H10BrFN2O3. The third-order valence-electron chi connectivity index (χ3n) is 2.78. The second-order valence-corrected chi connectivity index (χ2v) is 5.21. The van der Waals surface area contributed by atoms with Gasteiger partial charge in [-0.3, -0.25) is 14.9 Å². The van der Waals surface area contributed by atoms with Crippen molar-refractivity contribution in [2.45, 2.75) is 6.92 Å². The molecule has 0 fully saturated rings. The Labute approximate surface area is 128 Å². The van der Waals surface area contributed by atoms with E-state index in [2.05, 4.69) is 21.2 Å². The van der Waals surface area contributed by atoms with E-state index in [-0.39, 0.29) is 16.9 Å². The van der Waals surface area contributed by atoms with Crippen LogP contribution in [0.3, 0.4) is 0 Å². The van der Waals surface area contributed by atoms with Crippen LogP contribution in [-0.2, 0) is 0 Å². The fraction of sp³-hybridized carbons (Fsp3) is 0.0714. The molecule has 2 aromatic carbocycles. The van der Waals surface area contributed by atoms with E-state index in [9.17, 15) is 19.3 Å². The van der Waals surface area contributed by atoms with Crippen molar-refractivity contribution in [1.29, 1.82) is 0 Å². The Morgan fingerprint density at radius 2 is 2.00 bits per heavy atom. The number of rotatable bonds is 3. The van der Waals surface area contributed by atoms with Crippen LogP contribution in [0, 0.1) is 22.9 Å². The van der Waals surface area contributed by atoms with Crippen molar-refractivity contribution in [3.05, 3.63) is 67.9 Å². The molecule has 0 aromatic heterocycles. The number of nitrogens with one attached hydrogen (secondary N) is 1. The number of aryl methyl sites for hydroxylation is 1. The number of amides is 1. The van der Waals surface area contributed by atoms with E-state index < -0.39 is 16.6 Å². The number of nitro groups is 1. The summed E-state index contributed by atoms with van der Waals surface area (Å²) in [6.45, 7) is 1.74. The van der Waals surface area contributed by atoms with E-state index in [1.165, 1.54) is 30.3 Å². The topological polar surface area (TPSA) is 72.2 Å². The quantitative estimate of drug-likeness (QED) is 0.668. The van der Waals surface area contributed by atoms with Crippen molar-refractivity contribution in [2.24, 2.45) is 0 Å². The number of nitro benzene ring substituents is 1. The molecular weight excluding hydrogens is 343 g/mol. The standard InChI is InChI=1S/C14H10BrFN2O3/c1-8-2-5-12(16)10(6-8)14(19)17-13-7-9(18(20)21)3-4-11(13)15/h2-7H,1H3,(H,17,19). The normalized spacial score (nSPS) is 10.2. The molecule has 0 saturated carbocycles. The van der Waals surface area contributed by atoms with Gasteiger partial charge in [-0.2, -0.15) is 0 Å². The largest absolute Gasteiger partial charge is 0.321 e.